The highest BCUT2D eigenvalue weighted by atomic mass is 19.4. The third-order valence-corrected chi connectivity index (χ3v) is 4.61. The molecule has 172 valence electrons. The summed E-state index contributed by atoms with van der Waals surface area (Å²) >= 11 is 0. The zero-order valence-corrected chi connectivity index (χ0v) is 16.6. The lowest BCUT2D eigenvalue weighted by atomic mass is 10.2. The van der Waals surface area contributed by atoms with Gasteiger partial charge in [-0.3, -0.25) is 4.79 Å². The number of nitrogens with zero attached hydrogens (tertiary/aromatic N) is 2. The second kappa shape index (κ2) is 7.87. The van der Waals surface area contributed by atoms with Gasteiger partial charge in [0.2, 0.25) is 0 Å². The van der Waals surface area contributed by atoms with Crippen molar-refractivity contribution in [2.75, 3.05) is 12.4 Å². The number of fused-ring (bicyclic) bond motifs is 1. The highest BCUT2D eigenvalue weighted by Gasteiger charge is 2.42. The molecule has 4 aromatic rings. The van der Waals surface area contributed by atoms with E-state index < -0.39 is 29.6 Å². The molecule has 1 amide bonds. The fourth-order valence-electron chi connectivity index (χ4n) is 3.11. The van der Waals surface area contributed by atoms with E-state index in [2.05, 4.69) is 10.4 Å². The number of carbonyl (C=O) groups excluding carboxylic acids is 1. The maximum Gasteiger partial charge on any atom is 0.435 e. The number of amides is 1. The number of halogens is 6. The fourth-order valence-corrected chi connectivity index (χ4v) is 3.11. The number of anilines is 1. The highest BCUT2D eigenvalue weighted by molar-refractivity contribution is 6.05. The van der Waals surface area contributed by atoms with Gasteiger partial charge >= 0.3 is 12.4 Å². The Bertz CT molecular complexity index is 1320. The van der Waals surface area contributed by atoms with E-state index in [4.69, 9.17) is 9.15 Å². The predicted molar refractivity (Wildman–Crippen MR) is 104 cm³/mol. The topological polar surface area (TPSA) is 69.3 Å². The van der Waals surface area contributed by atoms with Gasteiger partial charge in [0, 0.05) is 17.1 Å². The smallest absolute Gasteiger partial charge is 0.435 e. The van der Waals surface area contributed by atoms with E-state index in [-0.39, 0.29) is 27.9 Å². The molecule has 0 radical (unpaired) electrons. The maximum atomic E-state index is 13.2. The third kappa shape index (κ3) is 4.36. The average Bonchev–Trinajstić information content (AvgIpc) is 3.38. The highest BCUT2D eigenvalue weighted by Crippen LogP contribution is 2.36. The normalized spacial score (nSPS) is 12.2. The summed E-state index contributed by atoms with van der Waals surface area (Å²) in [5, 5.41) is 6.18. The van der Waals surface area contributed by atoms with Gasteiger partial charge in [0.25, 0.3) is 5.91 Å². The molecule has 4 rings (SSSR count). The SMILES string of the molecule is COc1cccc2cc(C(=O)Nc3ccc(-n4nc(C(F)(F)F)cc4C(F)(F)F)cc3)oc12. The summed E-state index contributed by atoms with van der Waals surface area (Å²) in [5.74, 6) is -0.260. The molecule has 0 spiro atoms. The molecule has 0 aliphatic carbocycles. The number of rotatable bonds is 4. The Labute approximate surface area is 181 Å². The number of benzene rings is 2. The largest absolute Gasteiger partial charge is 0.493 e. The number of nitrogens with one attached hydrogen (secondary N) is 1. The Hall–Kier alpha value is -3.96. The summed E-state index contributed by atoms with van der Waals surface area (Å²) < 4.78 is 89.1. The summed E-state index contributed by atoms with van der Waals surface area (Å²) in [6.07, 6.45) is -10.1. The molecule has 0 unspecified atom stereocenters. The van der Waals surface area contributed by atoms with Gasteiger partial charge in [-0.25, -0.2) is 4.68 Å². The Morgan fingerprint density at radius 1 is 1.00 bits per heavy atom. The molecule has 12 heteroatoms. The van der Waals surface area contributed by atoms with E-state index in [9.17, 15) is 31.1 Å². The molecule has 0 saturated heterocycles. The first kappa shape index (κ1) is 22.2. The van der Waals surface area contributed by atoms with Crippen LogP contribution in [-0.4, -0.2) is 22.8 Å². The van der Waals surface area contributed by atoms with E-state index in [1.165, 1.54) is 25.3 Å². The van der Waals surface area contributed by atoms with Crippen molar-refractivity contribution in [3.63, 3.8) is 0 Å². The van der Waals surface area contributed by atoms with Crippen LogP contribution in [0.1, 0.15) is 21.9 Å². The zero-order chi connectivity index (χ0) is 24.0. The lowest BCUT2D eigenvalue weighted by Gasteiger charge is -2.11. The van der Waals surface area contributed by atoms with Crippen molar-refractivity contribution in [2.45, 2.75) is 12.4 Å². The van der Waals surface area contributed by atoms with Gasteiger partial charge < -0.3 is 14.5 Å². The first-order valence-corrected chi connectivity index (χ1v) is 9.20. The van der Waals surface area contributed by atoms with Crippen molar-refractivity contribution in [1.82, 2.24) is 9.78 Å². The molecule has 1 N–H and O–H groups in total. The monoisotopic (exact) mass is 469 g/mol. The summed E-state index contributed by atoms with van der Waals surface area (Å²) in [6, 6.07) is 11.2. The molecular weight excluding hydrogens is 456 g/mol. The number of methoxy groups -OCH3 is 1. The minimum absolute atomic E-state index is 0.0418. The molecule has 0 atom stereocenters. The van der Waals surface area contributed by atoms with Gasteiger partial charge in [-0.05, 0) is 36.4 Å². The van der Waals surface area contributed by atoms with E-state index in [0.717, 1.165) is 12.1 Å². The van der Waals surface area contributed by atoms with Crippen LogP contribution >= 0.6 is 0 Å². The molecule has 33 heavy (non-hydrogen) atoms. The van der Waals surface area contributed by atoms with Gasteiger partial charge in [0.15, 0.2) is 22.8 Å². The Morgan fingerprint density at radius 3 is 2.30 bits per heavy atom. The van der Waals surface area contributed by atoms with Crippen LogP contribution in [0.3, 0.4) is 0 Å². The predicted octanol–water partition coefficient (Wildman–Crippen LogP) is 5.92. The molecule has 0 aliphatic rings. The average molecular weight is 469 g/mol. The summed E-state index contributed by atoms with van der Waals surface area (Å²) in [7, 11) is 1.44. The second-order valence-electron chi connectivity index (χ2n) is 6.81. The summed E-state index contributed by atoms with van der Waals surface area (Å²) in [5.41, 5.74) is -2.99. The minimum Gasteiger partial charge on any atom is -0.493 e. The Morgan fingerprint density at radius 2 is 1.70 bits per heavy atom. The number of hydrogen-bond acceptors (Lipinski definition) is 4. The number of alkyl halides is 6. The van der Waals surface area contributed by atoms with Crippen LogP contribution in [0.5, 0.6) is 5.75 Å². The number of carbonyl (C=O) groups is 1. The molecule has 6 nitrogen and oxygen atoms in total. The van der Waals surface area contributed by atoms with E-state index in [1.807, 2.05) is 0 Å². The van der Waals surface area contributed by atoms with Crippen molar-refractivity contribution in [1.29, 1.82) is 0 Å². The first-order valence-electron chi connectivity index (χ1n) is 9.20. The standard InChI is InChI=1S/C21H13F6N3O3/c1-32-14-4-2-3-11-9-15(33-18(11)14)19(31)28-12-5-7-13(8-6-12)30-17(21(25,26)27)10-16(29-30)20(22,23)24/h2-10H,1H3,(H,28,31). The van der Waals surface area contributed by atoms with Crippen LogP contribution in [0, 0.1) is 0 Å². The van der Waals surface area contributed by atoms with Crippen LogP contribution in [0.2, 0.25) is 0 Å². The van der Waals surface area contributed by atoms with Crippen molar-refractivity contribution < 1.29 is 40.3 Å². The van der Waals surface area contributed by atoms with Crippen LogP contribution in [0.4, 0.5) is 32.0 Å². The van der Waals surface area contributed by atoms with Crippen molar-refractivity contribution in [3.8, 4) is 11.4 Å². The van der Waals surface area contributed by atoms with E-state index in [0.29, 0.717) is 16.7 Å². The number of hydrogen-bond donors (Lipinski definition) is 1. The number of aromatic nitrogens is 2. The third-order valence-electron chi connectivity index (χ3n) is 4.61. The van der Waals surface area contributed by atoms with Crippen LogP contribution in [0.25, 0.3) is 16.7 Å². The molecule has 0 fully saturated rings. The van der Waals surface area contributed by atoms with Crippen molar-refractivity contribution in [3.05, 3.63) is 71.7 Å². The molecule has 0 bridgehead atoms. The molecule has 0 saturated carbocycles. The van der Waals surface area contributed by atoms with Crippen LogP contribution in [0.15, 0.2) is 59.0 Å². The fraction of sp³-hybridized carbons (Fsp3) is 0.143. The molecular formula is C21H13F6N3O3. The maximum absolute atomic E-state index is 13.2. The summed E-state index contributed by atoms with van der Waals surface area (Å²) in [4.78, 5) is 12.5. The summed E-state index contributed by atoms with van der Waals surface area (Å²) in [6.45, 7) is 0. The van der Waals surface area contributed by atoms with Crippen LogP contribution < -0.4 is 10.1 Å². The van der Waals surface area contributed by atoms with Gasteiger partial charge in [-0.1, -0.05) is 12.1 Å². The molecule has 2 aromatic carbocycles. The quantitative estimate of drug-likeness (QED) is 0.377. The van der Waals surface area contributed by atoms with E-state index in [1.54, 1.807) is 18.2 Å². The number of ether oxygens (including phenoxy) is 1. The number of furan rings is 1. The van der Waals surface area contributed by atoms with Crippen LogP contribution in [-0.2, 0) is 12.4 Å². The van der Waals surface area contributed by atoms with Gasteiger partial charge in [-0.2, -0.15) is 31.4 Å². The zero-order valence-electron chi connectivity index (χ0n) is 16.6. The van der Waals surface area contributed by atoms with E-state index >= 15 is 0 Å². The Kier molecular flexibility index (Phi) is 5.30. The second-order valence-corrected chi connectivity index (χ2v) is 6.81. The lowest BCUT2D eigenvalue weighted by molar-refractivity contribution is -0.143. The molecule has 2 aromatic heterocycles. The van der Waals surface area contributed by atoms with Crippen molar-refractivity contribution in [2.24, 2.45) is 0 Å². The van der Waals surface area contributed by atoms with Gasteiger partial charge in [-0.15, -0.1) is 0 Å². The molecule has 0 aliphatic heterocycles. The molecule has 2 heterocycles. The Balaban J connectivity index is 1.59. The van der Waals surface area contributed by atoms with Gasteiger partial charge in [0.1, 0.15) is 5.69 Å². The number of para-hydroxylation sites is 1. The van der Waals surface area contributed by atoms with Gasteiger partial charge in [0.05, 0.1) is 12.8 Å². The lowest BCUT2D eigenvalue weighted by Crippen LogP contribution is -2.14. The minimum atomic E-state index is -5.06. The first-order chi connectivity index (χ1) is 15.5. The van der Waals surface area contributed by atoms with Crippen molar-refractivity contribution >= 4 is 22.6 Å².